The van der Waals surface area contributed by atoms with E-state index >= 15 is 0 Å². The van der Waals surface area contributed by atoms with Gasteiger partial charge in [0.2, 0.25) is 0 Å². The van der Waals surface area contributed by atoms with Crippen LogP contribution < -0.4 is 10.2 Å². The highest BCUT2D eigenvalue weighted by molar-refractivity contribution is 7.99. The lowest BCUT2D eigenvalue weighted by molar-refractivity contribution is -0.118. The third-order valence-corrected chi connectivity index (χ3v) is 5.58. The van der Waals surface area contributed by atoms with Gasteiger partial charge in [0.1, 0.15) is 0 Å². The Hall–Kier alpha value is -4.11. The van der Waals surface area contributed by atoms with E-state index in [0.717, 1.165) is 11.3 Å². The quantitative estimate of drug-likeness (QED) is 0.235. The molecule has 1 aromatic heterocycles. The molecule has 0 fully saturated rings. The first-order valence-corrected chi connectivity index (χ1v) is 11.0. The zero-order valence-electron chi connectivity index (χ0n) is 17.8. The van der Waals surface area contributed by atoms with Crippen LogP contribution in [0, 0.1) is 0 Å². The monoisotopic (exact) mass is 459 g/mol. The number of carbonyl (C=O) groups excluding carboxylic acids is 1. The summed E-state index contributed by atoms with van der Waals surface area (Å²) in [5, 5.41) is 23.3. The molecule has 3 aromatic carbocycles. The number of hydrogen-bond donors (Lipinski definition) is 2. The Morgan fingerprint density at radius 2 is 1.79 bits per heavy atom. The van der Waals surface area contributed by atoms with Crippen LogP contribution in [0.15, 0.2) is 89.1 Å². The standard InChI is InChI=1S/C24H21N5O3S/c1-32-20-14-8-11-18(22(20)31)15-25-26-21(30)16-33-24-28-27-23(17-9-4-2-5-10-17)29(24)19-12-6-3-7-13-19/h2-15,31H,16H2,1H3,(H,26,30). The molecule has 0 aliphatic heterocycles. The minimum atomic E-state index is -0.317. The van der Waals surface area contributed by atoms with Crippen LogP contribution in [0.25, 0.3) is 17.1 Å². The maximum absolute atomic E-state index is 12.3. The van der Waals surface area contributed by atoms with Gasteiger partial charge in [-0.15, -0.1) is 10.2 Å². The first-order chi connectivity index (χ1) is 16.2. The van der Waals surface area contributed by atoms with Crippen molar-refractivity contribution >= 4 is 23.9 Å². The Bertz CT molecular complexity index is 1260. The zero-order valence-corrected chi connectivity index (χ0v) is 18.6. The van der Waals surface area contributed by atoms with Crippen molar-refractivity contribution in [1.29, 1.82) is 0 Å². The lowest BCUT2D eigenvalue weighted by Gasteiger charge is -2.10. The number of phenols is 1. The first kappa shape index (κ1) is 22.1. The van der Waals surface area contributed by atoms with E-state index in [1.807, 2.05) is 65.2 Å². The molecule has 0 saturated carbocycles. The number of thioether (sulfide) groups is 1. The van der Waals surface area contributed by atoms with Crippen LogP contribution in [-0.2, 0) is 4.79 Å². The molecule has 2 N–H and O–H groups in total. The lowest BCUT2D eigenvalue weighted by atomic mass is 10.2. The van der Waals surface area contributed by atoms with Crippen LogP contribution in [0.2, 0.25) is 0 Å². The lowest BCUT2D eigenvalue weighted by Crippen LogP contribution is -2.20. The van der Waals surface area contributed by atoms with Gasteiger partial charge < -0.3 is 9.84 Å². The number of para-hydroxylation sites is 2. The molecule has 0 unspecified atom stereocenters. The van der Waals surface area contributed by atoms with Crippen LogP contribution in [0.1, 0.15) is 5.56 Å². The van der Waals surface area contributed by atoms with Crippen molar-refractivity contribution in [3.05, 3.63) is 84.4 Å². The number of hydrogen-bond acceptors (Lipinski definition) is 7. The molecule has 8 nitrogen and oxygen atoms in total. The van der Waals surface area contributed by atoms with E-state index in [4.69, 9.17) is 4.74 Å². The Morgan fingerprint density at radius 1 is 1.06 bits per heavy atom. The summed E-state index contributed by atoms with van der Waals surface area (Å²) < 4.78 is 6.99. The molecule has 1 amide bonds. The summed E-state index contributed by atoms with van der Waals surface area (Å²) in [4.78, 5) is 12.3. The van der Waals surface area contributed by atoms with Crippen molar-refractivity contribution in [3.63, 3.8) is 0 Å². The second-order valence-electron chi connectivity index (χ2n) is 6.82. The van der Waals surface area contributed by atoms with Crippen LogP contribution in [0.5, 0.6) is 11.5 Å². The molecule has 0 radical (unpaired) electrons. The van der Waals surface area contributed by atoms with E-state index in [0.29, 0.717) is 22.3 Å². The highest BCUT2D eigenvalue weighted by atomic mass is 32.2. The number of rotatable bonds is 8. The van der Waals surface area contributed by atoms with Crippen molar-refractivity contribution in [2.75, 3.05) is 12.9 Å². The van der Waals surface area contributed by atoms with E-state index in [-0.39, 0.29) is 17.4 Å². The number of methoxy groups -OCH3 is 1. The molecule has 0 saturated heterocycles. The molecule has 0 aliphatic carbocycles. The SMILES string of the molecule is COc1cccc(C=NNC(=O)CSc2nnc(-c3ccccc3)n2-c2ccccc2)c1O. The largest absolute Gasteiger partial charge is 0.504 e. The number of carbonyl (C=O) groups is 1. The van der Waals surface area contributed by atoms with Gasteiger partial charge in [0.05, 0.1) is 19.1 Å². The van der Waals surface area contributed by atoms with Gasteiger partial charge in [0.25, 0.3) is 5.91 Å². The van der Waals surface area contributed by atoms with Crippen LogP contribution in [0.4, 0.5) is 0 Å². The van der Waals surface area contributed by atoms with E-state index < -0.39 is 0 Å². The minimum absolute atomic E-state index is 0.0446. The summed E-state index contributed by atoms with van der Waals surface area (Å²) >= 11 is 1.25. The Kier molecular flexibility index (Phi) is 7.01. The third-order valence-electron chi connectivity index (χ3n) is 4.66. The number of phenolic OH excluding ortho intramolecular Hbond substituents is 1. The van der Waals surface area contributed by atoms with Crippen LogP contribution in [-0.4, -0.2) is 44.9 Å². The molecule has 0 atom stereocenters. The second kappa shape index (κ2) is 10.5. The van der Waals surface area contributed by atoms with Gasteiger partial charge in [-0.2, -0.15) is 5.10 Å². The average molecular weight is 460 g/mol. The molecule has 1 heterocycles. The third kappa shape index (κ3) is 5.21. The van der Waals surface area contributed by atoms with Crippen molar-refractivity contribution in [2.24, 2.45) is 5.10 Å². The Labute approximate surface area is 194 Å². The highest BCUT2D eigenvalue weighted by Crippen LogP contribution is 2.29. The number of aromatic nitrogens is 3. The predicted molar refractivity (Wildman–Crippen MR) is 128 cm³/mol. The molecule has 4 rings (SSSR count). The average Bonchev–Trinajstić information content (AvgIpc) is 3.29. The molecule has 0 aliphatic rings. The number of hydrazone groups is 1. The van der Waals surface area contributed by atoms with E-state index in [2.05, 4.69) is 20.7 Å². The summed E-state index contributed by atoms with van der Waals surface area (Å²) in [6.07, 6.45) is 1.36. The summed E-state index contributed by atoms with van der Waals surface area (Å²) in [6, 6.07) is 24.5. The van der Waals surface area contributed by atoms with Crippen LogP contribution in [0.3, 0.4) is 0 Å². The van der Waals surface area contributed by atoms with Crippen molar-refractivity contribution in [2.45, 2.75) is 5.16 Å². The topological polar surface area (TPSA) is 102 Å². The number of aromatic hydroxyl groups is 1. The summed E-state index contributed by atoms with van der Waals surface area (Å²) in [5.41, 5.74) is 4.72. The molecule has 4 aromatic rings. The van der Waals surface area contributed by atoms with Crippen molar-refractivity contribution in [3.8, 4) is 28.6 Å². The first-order valence-electron chi connectivity index (χ1n) is 10.0. The number of ether oxygens (including phenoxy) is 1. The van der Waals surface area contributed by atoms with Gasteiger partial charge in [-0.1, -0.05) is 66.4 Å². The molecule has 0 bridgehead atoms. The highest BCUT2D eigenvalue weighted by Gasteiger charge is 2.17. The summed E-state index contributed by atoms with van der Waals surface area (Å²) in [5.74, 6) is 0.743. The Morgan fingerprint density at radius 3 is 2.52 bits per heavy atom. The van der Waals surface area contributed by atoms with Gasteiger partial charge in [0.15, 0.2) is 22.5 Å². The van der Waals surface area contributed by atoms with Gasteiger partial charge in [0, 0.05) is 16.8 Å². The summed E-state index contributed by atoms with van der Waals surface area (Å²) in [6.45, 7) is 0. The molecule has 33 heavy (non-hydrogen) atoms. The van der Waals surface area contributed by atoms with E-state index in [1.165, 1.54) is 25.1 Å². The minimum Gasteiger partial charge on any atom is -0.504 e. The molecule has 9 heteroatoms. The van der Waals surface area contributed by atoms with Gasteiger partial charge >= 0.3 is 0 Å². The van der Waals surface area contributed by atoms with E-state index in [9.17, 15) is 9.90 Å². The zero-order chi connectivity index (χ0) is 23.0. The smallest absolute Gasteiger partial charge is 0.250 e. The van der Waals surface area contributed by atoms with Crippen molar-refractivity contribution < 1.29 is 14.6 Å². The maximum Gasteiger partial charge on any atom is 0.250 e. The predicted octanol–water partition coefficient (Wildman–Crippen LogP) is 3.89. The molecule has 166 valence electrons. The van der Waals surface area contributed by atoms with Gasteiger partial charge in [-0.05, 0) is 24.3 Å². The fraction of sp³-hybridized carbons (Fsp3) is 0.0833. The second-order valence-corrected chi connectivity index (χ2v) is 7.77. The Balaban J connectivity index is 1.47. The van der Waals surface area contributed by atoms with Crippen molar-refractivity contribution in [1.82, 2.24) is 20.2 Å². The van der Waals surface area contributed by atoms with Crippen LogP contribution >= 0.6 is 11.8 Å². The van der Waals surface area contributed by atoms with Gasteiger partial charge in [-0.3, -0.25) is 9.36 Å². The number of nitrogens with zero attached hydrogens (tertiary/aromatic N) is 4. The van der Waals surface area contributed by atoms with E-state index in [1.54, 1.807) is 18.2 Å². The fourth-order valence-corrected chi connectivity index (χ4v) is 3.84. The fourth-order valence-electron chi connectivity index (χ4n) is 3.09. The summed E-state index contributed by atoms with van der Waals surface area (Å²) in [7, 11) is 1.46. The molecular formula is C24H21N5O3S. The normalized spacial score (nSPS) is 10.9. The number of nitrogens with one attached hydrogen (secondary N) is 1. The maximum atomic E-state index is 12.3. The number of amides is 1. The van der Waals surface area contributed by atoms with Gasteiger partial charge in [-0.25, -0.2) is 5.43 Å². The molecule has 0 spiro atoms. The molecular weight excluding hydrogens is 438 g/mol. The number of benzene rings is 3.